The molecule has 0 spiro atoms. The minimum absolute atomic E-state index is 0.112. The number of fused-ring (bicyclic) bond motifs is 1. The van der Waals surface area contributed by atoms with E-state index in [-0.39, 0.29) is 26.6 Å². The Balaban J connectivity index is 1.43. The zero-order valence-electron chi connectivity index (χ0n) is 16.8. The van der Waals surface area contributed by atoms with Crippen molar-refractivity contribution in [3.8, 4) is 17.2 Å². The third kappa shape index (κ3) is 6.46. The Labute approximate surface area is 178 Å². The number of esters is 1. The van der Waals surface area contributed by atoms with Gasteiger partial charge in [0, 0.05) is 5.56 Å². The van der Waals surface area contributed by atoms with E-state index >= 15 is 0 Å². The predicted octanol–water partition coefficient (Wildman–Crippen LogP) is 1.24. The molecule has 10 heteroatoms. The lowest BCUT2D eigenvalue weighted by molar-refractivity contribution is -0.145. The van der Waals surface area contributed by atoms with Gasteiger partial charge in [0.2, 0.25) is 6.79 Å². The fourth-order valence-corrected chi connectivity index (χ4v) is 2.55. The quantitative estimate of drug-likeness (QED) is 0.350. The van der Waals surface area contributed by atoms with Gasteiger partial charge in [-0.25, -0.2) is 10.2 Å². The Morgan fingerprint density at radius 3 is 2.81 bits per heavy atom. The van der Waals surface area contributed by atoms with Crippen molar-refractivity contribution in [2.45, 2.75) is 6.92 Å². The van der Waals surface area contributed by atoms with Gasteiger partial charge in [0.15, 0.2) is 18.1 Å². The molecular weight excluding hydrogens is 406 g/mol. The number of hydrogen-bond acceptors (Lipinski definition) is 8. The maximum atomic E-state index is 12.2. The number of ether oxygens (including phenoxy) is 4. The Bertz CT molecular complexity index is 991. The van der Waals surface area contributed by atoms with E-state index in [9.17, 15) is 14.4 Å². The summed E-state index contributed by atoms with van der Waals surface area (Å²) >= 11 is 0. The molecule has 0 atom stereocenters. The molecule has 162 valence electrons. The molecule has 0 saturated carbocycles. The van der Waals surface area contributed by atoms with Crippen LogP contribution in [0.4, 0.5) is 0 Å². The van der Waals surface area contributed by atoms with E-state index in [0.717, 1.165) is 0 Å². The summed E-state index contributed by atoms with van der Waals surface area (Å²) in [7, 11) is 0. The molecule has 0 unspecified atom stereocenters. The first kappa shape index (κ1) is 21.6. The van der Waals surface area contributed by atoms with Crippen molar-refractivity contribution in [3.05, 3.63) is 53.6 Å². The van der Waals surface area contributed by atoms with Gasteiger partial charge in [-0.3, -0.25) is 9.59 Å². The largest absolute Gasteiger partial charge is 0.482 e. The summed E-state index contributed by atoms with van der Waals surface area (Å²) in [5.41, 5.74) is 3.31. The lowest BCUT2D eigenvalue weighted by atomic mass is 10.2. The van der Waals surface area contributed by atoms with E-state index in [1.807, 2.05) is 0 Å². The smallest absolute Gasteiger partial charge is 0.344 e. The average Bonchev–Trinajstić information content (AvgIpc) is 3.24. The van der Waals surface area contributed by atoms with Gasteiger partial charge in [0.1, 0.15) is 5.75 Å². The standard InChI is InChI=1S/C21H21N3O7/c1-2-28-20(26)12-29-16-5-3-4-14(8-16)10-23-24-19(25)11-22-21(27)15-6-7-17-18(9-15)31-13-30-17/h3-10H,2,11-13H2,1H3,(H,22,27)(H,24,25). The zero-order chi connectivity index (χ0) is 22.1. The highest BCUT2D eigenvalue weighted by Gasteiger charge is 2.16. The molecule has 31 heavy (non-hydrogen) atoms. The van der Waals surface area contributed by atoms with Crippen molar-refractivity contribution >= 4 is 24.0 Å². The van der Waals surface area contributed by atoms with Crippen LogP contribution in [0.15, 0.2) is 47.6 Å². The molecule has 0 radical (unpaired) electrons. The molecule has 3 rings (SSSR count). The number of carbonyl (C=O) groups is 3. The molecule has 2 N–H and O–H groups in total. The third-order valence-corrected chi connectivity index (χ3v) is 3.97. The van der Waals surface area contributed by atoms with Crippen LogP contribution in [0.2, 0.25) is 0 Å². The van der Waals surface area contributed by atoms with E-state index in [1.54, 1.807) is 49.4 Å². The Kier molecular flexibility index (Phi) is 7.41. The minimum atomic E-state index is -0.500. The number of nitrogens with one attached hydrogen (secondary N) is 2. The highest BCUT2D eigenvalue weighted by atomic mass is 16.7. The molecule has 0 aromatic heterocycles. The van der Waals surface area contributed by atoms with Crippen molar-refractivity contribution in [1.82, 2.24) is 10.7 Å². The highest BCUT2D eigenvalue weighted by Crippen LogP contribution is 2.32. The van der Waals surface area contributed by atoms with Gasteiger partial charge < -0.3 is 24.3 Å². The van der Waals surface area contributed by atoms with Crippen molar-refractivity contribution in [3.63, 3.8) is 0 Å². The zero-order valence-corrected chi connectivity index (χ0v) is 16.8. The molecule has 2 aromatic rings. The minimum Gasteiger partial charge on any atom is -0.482 e. The summed E-state index contributed by atoms with van der Waals surface area (Å²) < 4.78 is 20.5. The summed E-state index contributed by atoms with van der Waals surface area (Å²) in [5.74, 6) is 0.119. The second kappa shape index (κ2) is 10.6. The van der Waals surface area contributed by atoms with Gasteiger partial charge in [0.05, 0.1) is 19.4 Å². The van der Waals surface area contributed by atoms with Crippen LogP contribution in [0, 0.1) is 0 Å². The van der Waals surface area contributed by atoms with Crippen LogP contribution in [-0.2, 0) is 14.3 Å². The van der Waals surface area contributed by atoms with Gasteiger partial charge in [-0.1, -0.05) is 12.1 Å². The molecular formula is C21H21N3O7. The van der Waals surface area contributed by atoms with Crippen LogP contribution < -0.4 is 25.0 Å². The Morgan fingerprint density at radius 1 is 1.13 bits per heavy atom. The van der Waals surface area contributed by atoms with Gasteiger partial charge in [-0.05, 0) is 42.8 Å². The van der Waals surface area contributed by atoms with Gasteiger partial charge in [0.25, 0.3) is 11.8 Å². The van der Waals surface area contributed by atoms with E-state index < -0.39 is 17.8 Å². The lowest BCUT2D eigenvalue weighted by Gasteiger charge is -2.06. The number of benzene rings is 2. The summed E-state index contributed by atoms with van der Waals surface area (Å²) in [6.07, 6.45) is 1.41. The number of rotatable bonds is 9. The summed E-state index contributed by atoms with van der Waals surface area (Å²) in [6, 6.07) is 11.5. The van der Waals surface area contributed by atoms with Crippen LogP contribution in [0.5, 0.6) is 17.2 Å². The third-order valence-electron chi connectivity index (χ3n) is 3.97. The first-order chi connectivity index (χ1) is 15.0. The lowest BCUT2D eigenvalue weighted by Crippen LogP contribution is -2.34. The Hall–Kier alpha value is -4.08. The number of hydrazone groups is 1. The summed E-state index contributed by atoms with van der Waals surface area (Å²) in [6.45, 7) is 1.65. The molecule has 0 aliphatic carbocycles. The van der Waals surface area contributed by atoms with Crippen LogP contribution in [-0.4, -0.2) is 50.5 Å². The predicted molar refractivity (Wildman–Crippen MR) is 109 cm³/mol. The fraction of sp³-hybridized carbons (Fsp3) is 0.238. The Morgan fingerprint density at radius 2 is 1.97 bits per heavy atom. The SMILES string of the molecule is CCOC(=O)COc1cccc(C=NNC(=O)CNC(=O)c2ccc3c(c2)OCO3)c1. The number of carbonyl (C=O) groups excluding carboxylic acids is 3. The number of nitrogens with zero attached hydrogens (tertiary/aromatic N) is 1. The maximum Gasteiger partial charge on any atom is 0.344 e. The van der Waals surface area contributed by atoms with Crippen molar-refractivity contribution in [2.75, 3.05) is 26.6 Å². The maximum absolute atomic E-state index is 12.2. The summed E-state index contributed by atoms with van der Waals surface area (Å²) in [4.78, 5) is 35.4. The first-order valence-electron chi connectivity index (χ1n) is 9.43. The van der Waals surface area contributed by atoms with E-state index in [1.165, 1.54) is 6.21 Å². The number of hydrogen-bond donors (Lipinski definition) is 2. The molecule has 2 aromatic carbocycles. The van der Waals surface area contributed by atoms with Crippen LogP contribution in [0.25, 0.3) is 0 Å². The molecule has 10 nitrogen and oxygen atoms in total. The van der Waals surface area contributed by atoms with E-state index in [4.69, 9.17) is 18.9 Å². The topological polar surface area (TPSA) is 125 Å². The van der Waals surface area contributed by atoms with E-state index in [2.05, 4.69) is 15.8 Å². The highest BCUT2D eigenvalue weighted by molar-refractivity contribution is 5.97. The van der Waals surface area contributed by atoms with Crippen molar-refractivity contribution in [2.24, 2.45) is 5.10 Å². The van der Waals surface area contributed by atoms with Crippen molar-refractivity contribution < 1.29 is 33.3 Å². The van der Waals surface area contributed by atoms with Crippen molar-refractivity contribution in [1.29, 1.82) is 0 Å². The number of amides is 2. The molecule has 0 bridgehead atoms. The van der Waals surface area contributed by atoms with E-state index in [0.29, 0.717) is 28.4 Å². The fourth-order valence-electron chi connectivity index (χ4n) is 2.55. The second-order valence-electron chi connectivity index (χ2n) is 6.21. The first-order valence-corrected chi connectivity index (χ1v) is 9.43. The molecule has 1 heterocycles. The molecule has 1 aliphatic rings. The average molecular weight is 427 g/mol. The summed E-state index contributed by atoms with van der Waals surface area (Å²) in [5, 5.41) is 6.35. The van der Waals surface area contributed by atoms with Gasteiger partial charge >= 0.3 is 5.97 Å². The van der Waals surface area contributed by atoms with Crippen LogP contribution in [0.3, 0.4) is 0 Å². The molecule has 0 fully saturated rings. The van der Waals surface area contributed by atoms with Gasteiger partial charge in [-0.2, -0.15) is 5.10 Å². The molecule has 1 aliphatic heterocycles. The van der Waals surface area contributed by atoms with Crippen LogP contribution >= 0.6 is 0 Å². The van der Waals surface area contributed by atoms with Crippen LogP contribution in [0.1, 0.15) is 22.8 Å². The monoisotopic (exact) mass is 427 g/mol. The second-order valence-corrected chi connectivity index (χ2v) is 6.21. The van der Waals surface area contributed by atoms with Gasteiger partial charge in [-0.15, -0.1) is 0 Å². The normalized spacial score (nSPS) is 11.8. The molecule has 2 amide bonds. The molecule has 0 saturated heterocycles.